The van der Waals surface area contributed by atoms with E-state index in [2.05, 4.69) is 120 Å². The molecule has 0 unspecified atom stereocenters. The maximum absolute atomic E-state index is 6.65. The minimum absolute atomic E-state index is 0.0609. The molecule has 0 bridgehead atoms. The van der Waals surface area contributed by atoms with E-state index < -0.39 is 0 Å². The highest BCUT2D eigenvalue weighted by atomic mass is 16.5. The van der Waals surface area contributed by atoms with Crippen molar-refractivity contribution in [1.82, 2.24) is 0 Å². The second kappa shape index (κ2) is 9.21. The lowest BCUT2D eigenvalue weighted by molar-refractivity contribution is 0.465. The molecule has 0 fully saturated rings. The number of fused-ring (bicyclic) bond motifs is 4. The summed E-state index contributed by atoms with van der Waals surface area (Å²) in [6, 6.07) is 50.5. The molecule has 0 spiro atoms. The Kier molecular flexibility index (Phi) is 5.24. The Morgan fingerprint density at radius 3 is 1.57 bits per heavy atom. The standard InChI is InChI=1S/C36H24BNO2/c1-3-11-26(12-4-1)38(27-13-5-2-6-14-27)28-21-19-25(20-22-28)29-23-24-34-35-36(29)40-33-18-10-8-16-31(33)37(35)30-15-7-9-17-32(30)39-34/h1-24H. The van der Waals surface area contributed by atoms with Crippen molar-refractivity contribution >= 4 is 40.2 Å². The van der Waals surface area contributed by atoms with Crippen LogP contribution < -0.4 is 30.8 Å². The Morgan fingerprint density at radius 2 is 0.950 bits per heavy atom. The van der Waals surface area contributed by atoms with Gasteiger partial charge in [-0.2, -0.15) is 0 Å². The van der Waals surface area contributed by atoms with Gasteiger partial charge >= 0.3 is 0 Å². The first-order chi connectivity index (χ1) is 19.8. The fourth-order valence-corrected chi connectivity index (χ4v) is 6.00. The molecule has 2 aliphatic heterocycles. The second-order valence-corrected chi connectivity index (χ2v) is 10.1. The lowest BCUT2D eigenvalue weighted by atomic mass is 9.34. The fourth-order valence-electron chi connectivity index (χ4n) is 6.00. The summed E-state index contributed by atoms with van der Waals surface area (Å²) in [6.07, 6.45) is 0. The Hall–Kier alpha value is -5.22. The zero-order valence-electron chi connectivity index (χ0n) is 21.7. The lowest BCUT2D eigenvalue weighted by Gasteiger charge is -2.34. The van der Waals surface area contributed by atoms with Gasteiger partial charge in [-0.05, 0) is 77.2 Å². The van der Waals surface area contributed by atoms with Crippen LogP contribution in [-0.2, 0) is 0 Å². The van der Waals surface area contributed by atoms with Gasteiger partial charge < -0.3 is 14.4 Å². The van der Waals surface area contributed by atoms with Gasteiger partial charge in [0, 0.05) is 28.1 Å². The molecule has 0 N–H and O–H groups in total. The molecule has 2 heterocycles. The van der Waals surface area contributed by atoms with Gasteiger partial charge in [0.05, 0.1) is 0 Å². The summed E-state index contributed by atoms with van der Waals surface area (Å²) < 4.78 is 13.0. The zero-order valence-corrected chi connectivity index (χ0v) is 21.7. The molecule has 0 radical (unpaired) electrons. The van der Waals surface area contributed by atoms with Crippen LogP contribution in [0.1, 0.15) is 0 Å². The molecule has 40 heavy (non-hydrogen) atoms. The predicted octanol–water partition coefficient (Wildman–Crippen LogP) is 7.55. The molecule has 0 amide bonds. The molecule has 6 aromatic rings. The largest absolute Gasteiger partial charge is 0.458 e. The van der Waals surface area contributed by atoms with E-state index in [1.54, 1.807) is 0 Å². The van der Waals surface area contributed by atoms with Crippen molar-refractivity contribution in [1.29, 1.82) is 0 Å². The van der Waals surface area contributed by atoms with Crippen LogP contribution in [0.5, 0.6) is 23.0 Å². The summed E-state index contributed by atoms with van der Waals surface area (Å²) >= 11 is 0. The summed E-state index contributed by atoms with van der Waals surface area (Å²) in [6.45, 7) is 0.0609. The highest BCUT2D eigenvalue weighted by Gasteiger charge is 2.40. The highest BCUT2D eigenvalue weighted by Crippen LogP contribution is 2.42. The van der Waals surface area contributed by atoms with Crippen LogP contribution in [0.3, 0.4) is 0 Å². The Morgan fingerprint density at radius 1 is 0.425 bits per heavy atom. The van der Waals surface area contributed by atoms with E-state index in [1.807, 2.05) is 30.3 Å². The number of hydrogen-bond donors (Lipinski definition) is 0. The lowest BCUT2D eigenvalue weighted by Crippen LogP contribution is -2.57. The minimum atomic E-state index is 0.0609. The van der Waals surface area contributed by atoms with Crippen LogP contribution in [0, 0.1) is 0 Å². The van der Waals surface area contributed by atoms with Crippen molar-refractivity contribution in [2.45, 2.75) is 0 Å². The highest BCUT2D eigenvalue weighted by molar-refractivity contribution is 6.98. The minimum Gasteiger partial charge on any atom is -0.458 e. The van der Waals surface area contributed by atoms with Gasteiger partial charge in [0.25, 0.3) is 6.71 Å². The quantitative estimate of drug-likeness (QED) is 0.227. The average Bonchev–Trinajstić information content (AvgIpc) is 3.03. The topological polar surface area (TPSA) is 21.7 Å². The Labute approximate surface area is 234 Å². The molecule has 2 aliphatic rings. The van der Waals surface area contributed by atoms with Gasteiger partial charge in [-0.15, -0.1) is 0 Å². The van der Waals surface area contributed by atoms with Crippen molar-refractivity contribution in [3.8, 4) is 34.1 Å². The van der Waals surface area contributed by atoms with Crippen LogP contribution in [0.4, 0.5) is 17.1 Å². The molecule has 4 heteroatoms. The van der Waals surface area contributed by atoms with Gasteiger partial charge in [-0.25, -0.2) is 0 Å². The van der Waals surface area contributed by atoms with Crippen molar-refractivity contribution < 1.29 is 9.47 Å². The van der Waals surface area contributed by atoms with Gasteiger partial charge in [0.1, 0.15) is 23.0 Å². The summed E-state index contributed by atoms with van der Waals surface area (Å²) in [5.41, 5.74) is 8.90. The third kappa shape index (κ3) is 3.61. The number of para-hydroxylation sites is 4. The maximum atomic E-state index is 6.65. The first kappa shape index (κ1) is 22.7. The first-order valence-corrected chi connectivity index (χ1v) is 13.6. The maximum Gasteiger partial charge on any atom is 0.260 e. The normalized spacial score (nSPS) is 12.3. The van der Waals surface area contributed by atoms with Crippen LogP contribution in [-0.4, -0.2) is 6.71 Å². The Bertz CT molecular complexity index is 1800. The van der Waals surface area contributed by atoms with E-state index in [0.717, 1.165) is 56.6 Å². The zero-order chi connectivity index (χ0) is 26.5. The van der Waals surface area contributed by atoms with Crippen molar-refractivity contribution in [2.75, 3.05) is 4.90 Å². The van der Waals surface area contributed by atoms with Crippen LogP contribution in [0.25, 0.3) is 11.1 Å². The van der Waals surface area contributed by atoms with Crippen molar-refractivity contribution in [3.05, 3.63) is 146 Å². The van der Waals surface area contributed by atoms with Crippen LogP contribution in [0.15, 0.2) is 146 Å². The number of ether oxygens (including phenoxy) is 2. The fraction of sp³-hybridized carbons (Fsp3) is 0. The van der Waals surface area contributed by atoms with E-state index in [4.69, 9.17) is 9.47 Å². The van der Waals surface area contributed by atoms with Gasteiger partial charge in [0.2, 0.25) is 0 Å². The van der Waals surface area contributed by atoms with Crippen LogP contribution in [0.2, 0.25) is 0 Å². The summed E-state index contributed by atoms with van der Waals surface area (Å²) in [4.78, 5) is 2.27. The van der Waals surface area contributed by atoms with E-state index in [0.29, 0.717) is 0 Å². The SMILES string of the molecule is c1ccc(N(c2ccccc2)c2ccc(-c3ccc4c5c3Oc3ccccc3B5c3ccccc3O4)cc2)cc1. The van der Waals surface area contributed by atoms with Crippen molar-refractivity contribution in [3.63, 3.8) is 0 Å². The molecular formula is C36H24BNO2. The average molecular weight is 513 g/mol. The van der Waals surface area contributed by atoms with Gasteiger partial charge in [-0.3, -0.25) is 0 Å². The third-order valence-electron chi connectivity index (χ3n) is 7.80. The molecule has 188 valence electrons. The van der Waals surface area contributed by atoms with E-state index >= 15 is 0 Å². The van der Waals surface area contributed by atoms with E-state index in [-0.39, 0.29) is 6.71 Å². The molecule has 8 rings (SSSR count). The van der Waals surface area contributed by atoms with Crippen molar-refractivity contribution in [2.24, 2.45) is 0 Å². The molecule has 0 aromatic heterocycles. The number of hydrogen-bond acceptors (Lipinski definition) is 3. The summed E-state index contributed by atoms with van der Waals surface area (Å²) in [5, 5.41) is 0. The number of rotatable bonds is 4. The molecule has 6 aromatic carbocycles. The predicted molar refractivity (Wildman–Crippen MR) is 164 cm³/mol. The first-order valence-electron chi connectivity index (χ1n) is 13.6. The Balaban J connectivity index is 1.25. The number of benzene rings is 6. The monoisotopic (exact) mass is 513 g/mol. The smallest absolute Gasteiger partial charge is 0.260 e. The second-order valence-electron chi connectivity index (χ2n) is 10.1. The molecule has 0 saturated carbocycles. The molecule has 0 atom stereocenters. The molecular weight excluding hydrogens is 489 g/mol. The summed E-state index contributed by atoms with van der Waals surface area (Å²) in [5.74, 6) is 3.52. The van der Waals surface area contributed by atoms with E-state index in [9.17, 15) is 0 Å². The van der Waals surface area contributed by atoms with Gasteiger partial charge in [-0.1, -0.05) is 84.9 Å². The van der Waals surface area contributed by atoms with Crippen LogP contribution >= 0.6 is 0 Å². The third-order valence-corrected chi connectivity index (χ3v) is 7.80. The van der Waals surface area contributed by atoms with E-state index in [1.165, 1.54) is 10.9 Å². The van der Waals surface area contributed by atoms with Gasteiger partial charge in [0.15, 0.2) is 0 Å². The summed E-state index contributed by atoms with van der Waals surface area (Å²) in [7, 11) is 0. The molecule has 3 nitrogen and oxygen atoms in total. The molecule has 0 saturated heterocycles. The number of nitrogens with zero attached hydrogens (tertiary/aromatic N) is 1. The number of anilines is 3. The molecule has 0 aliphatic carbocycles.